The summed E-state index contributed by atoms with van der Waals surface area (Å²) < 4.78 is 0. The Balaban J connectivity index is 3.13. The minimum Gasteiger partial charge on any atom is -0.369 e. The van der Waals surface area contributed by atoms with Crippen molar-refractivity contribution in [1.82, 2.24) is 5.32 Å². The zero-order valence-electron chi connectivity index (χ0n) is 9.19. The number of nitro groups is 1. The van der Waals surface area contributed by atoms with Gasteiger partial charge in [-0.3, -0.25) is 14.9 Å². The van der Waals surface area contributed by atoms with Crippen molar-refractivity contribution in [2.45, 2.75) is 0 Å². The summed E-state index contributed by atoms with van der Waals surface area (Å²) in [5, 5.41) is 15.9. The molecule has 0 radical (unpaired) electrons. The fraction of sp³-hybridized carbons (Fsp3) is 0.182. The Bertz CT molecular complexity index is 491. The molecule has 1 aromatic rings. The summed E-state index contributed by atoms with van der Waals surface area (Å²) in [5.41, 5.74) is 0.340. The normalized spacial score (nSPS) is 9.18. The van der Waals surface area contributed by atoms with Gasteiger partial charge in [0.2, 0.25) is 0 Å². The van der Waals surface area contributed by atoms with Crippen LogP contribution >= 0.6 is 0 Å². The van der Waals surface area contributed by atoms with Crippen molar-refractivity contribution in [1.29, 1.82) is 0 Å². The minimum atomic E-state index is -0.564. The molecule has 0 unspecified atom stereocenters. The number of rotatable bonds is 4. The fourth-order valence-corrected chi connectivity index (χ4v) is 1.26. The molecule has 0 saturated heterocycles. The highest BCUT2D eigenvalue weighted by Gasteiger charge is 2.16. The number of nitrogens with one attached hydrogen (secondary N) is 2. The molecule has 1 aromatic carbocycles. The lowest BCUT2D eigenvalue weighted by atomic mass is 10.1. The van der Waals surface area contributed by atoms with E-state index in [2.05, 4.69) is 16.6 Å². The second kappa shape index (κ2) is 5.51. The Hall–Kier alpha value is -2.55. The summed E-state index contributed by atoms with van der Waals surface area (Å²) in [6.45, 7) is 0.181. The molecule has 2 N–H and O–H groups in total. The second-order valence-electron chi connectivity index (χ2n) is 3.13. The average molecular weight is 233 g/mol. The zero-order chi connectivity index (χ0) is 12.8. The van der Waals surface area contributed by atoms with Crippen molar-refractivity contribution >= 4 is 17.3 Å². The number of anilines is 1. The van der Waals surface area contributed by atoms with Gasteiger partial charge in [0, 0.05) is 18.7 Å². The maximum Gasteiger partial charge on any atom is 0.293 e. The van der Waals surface area contributed by atoms with Crippen LogP contribution in [0.5, 0.6) is 0 Å². The number of nitrogens with zero attached hydrogens (tertiary/aromatic N) is 1. The van der Waals surface area contributed by atoms with Crippen LogP contribution in [-0.2, 0) is 0 Å². The molecule has 0 aliphatic heterocycles. The van der Waals surface area contributed by atoms with Crippen LogP contribution in [0.1, 0.15) is 10.4 Å². The van der Waals surface area contributed by atoms with Crippen molar-refractivity contribution in [3.63, 3.8) is 0 Å². The molecule has 0 atom stereocenters. The summed E-state index contributed by atoms with van der Waals surface area (Å²) in [4.78, 5) is 21.6. The lowest BCUT2D eigenvalue weighted by Crippen LogP contribution is -2.18. The summed E-state index contributed by atoms with van der Waals surface area (Å²) in [6.07, 6.45) is 5.06. The van der Waals surface area contributed by atoms with Gasteiger partial charge in [0.05, 0.1) is 11.5 Å². The summed E-state index contributed by atoms with van der Waals surface area (Å²) >= 11 is 0. The van der Waals surface area contributed by atoms with E-state index in [1.54, 1.807) is 0 Å². The Morgan fingerprint density at radius 2 is 2.29 bits per heavy atom. The van der Waals surface area contributed by atoms with Gasteiger partial charge in [-0.15, -0.1) is 6.42 Å². The average Bonchev–Trinajstić information content (AvgIpc) is 2.35. The first-order chi connectivity index (χ1) is 8.10. The zero-order valence-corrected chi connectivity index (χ0v) is 9.19. The van der Waals surface area contributed by atoms with Crippen LogP contribution in [0.25, 0.3) is 0 Å². The number of carbonyl (C=O) groups excluding carboxylic acids is 1. The number of hydrogen-bond acceptors (Lipinski definition) is 4. The van der Waals surface area contributed by atoms with E-state index in [0.717, 1.165) is 0 Å². The topological polar surface area (TPSA) is 84.3 Å². The molecule has 0 aromatic heterocycles. The molecule has 1 rings (SSSR count). The second-order valence-corrected chi connectivity index (χ2v) is 3.13. The lowest BCUT2D eigenvalue weighted by Gasteiger charge is -2.05. The van der Waals surface area contributed by atoms with Crippen LogP contribution in [0, 0.1) is 22.5 Å². The van der Waals surface area contributed by atoms with Crippen LogP contribution in [0.3, 0.4) is 0 Å². The third-order valence-corrected chi connectivity index (χ3v) is 2.06. The molecule has 6 nitrogen and oxygen atoms in total. The summed E-state index contributed by atoms with van der Waals surface area (Å²) in [5.74, 6) is 1.94. The predicted octanol–water partition coefficient (Wildman–Crippen LogP) is 0.999. The van der Waals surface area contributed by atoms with Crippen molar-refractivity contribution in [3.05, 3.63) is 33.9 Å². The molecule has 0 spiro atoms. The number of terminal acetylenes is 1. The molecular formula is C11H11N3O3. The van der Waals surface area contributed by atoms with Gasteiger partial charge < -0.3 is 10.6 Å². The first-order valence-electron chi connectivity index (χ1n) is 4.78. The first kappa shape index (κ1) is 12.5. The molecule has 0 aliphatic carbocycles. The molecule has 0 heterocycles. The van der Waals surface area contributed by atoms with Crippen molar-refractivity contribution in [2.24, 2.45) is 0 Å². The van der Waals surface area contributed by atoms with Gasteiger partial charge >= 0.3 is 0 Å². The van der Waals surface area contributed by atoms with E-state index < -0.39 is 4.92 Å². The maximum atomic E-state index is 11.3. The van der Waals surface area contributed by atoms with E-state index in [-0.39, 0.29) is 23.7 Å². The molecule has 0 aliphatic rings. The number of amides is 1. The number of benzene rings is 1. The van der Waals surface area contributed by atoms with E-state index in [0.29, 0.717) is 5.69 Å². The largest absolute Gasteiger partial charge is 0.369 e. The van der Waals surface area contributed by atoms with Gasteiger partial charge in [-0.25, -0.2) is 0 Å². The molecule has 6 heteroatoms. The van der Waals surface area contributed by atoms with E-state index in [4.69, 9.17) is 6.42 Å². The quantitative estimate of drug-likeness (QED) is 0.461. The highest BCUT2D eigenvalue weighted by atomic mass is 16.6. The van der Waals surface area contributed by atoms with E-state index >= 15 is 0 Å². The van der Waals surface area contributed by atoms with Gasteiger partial charge in [0.15, 0.2) is 0 Å². The van der Waals surface area contributed by atoms with E-state index in [1.165, 1.54) is 25.2 Å². The van der Waals surface area contributed by atoms with E-state index in [1.807, 2.05) is 0 Å². The molecule has 1 amide bonds. The molecular weight excluding hydrogens is 222 g/mol. The Morgan fingerprint density at radius 3 is 2.82 bits per heavy atom. The number of nitro benzene ring substituents is 1. The smallest absolute Gasteiger partial charge is 0.293 e. The minimum absolute atomic E-state index is 0.179. The van der Waals surface area contributed by atoms with Crippen LogP contribution < -0.4 is 10.6 Å². The van der Waals surface area contributed by atoms with Gasteiger partial charge in [-0.05, 0) is 12.1 Å². The molecule has 17 heavy (non-hydrogen) atoms. The van der Waals surface area contributed by atoms with Gasteiger partial charge in [-0.2, -0.15) is 0 Å². The lowest BCUT2D eigenvalue weighted by molar-refractivity contribution is -0.384. The third-order valence-electron chi connectivity index (χ3n) is 2.06. The molecule has 0 bridgehead atoms. The van der Waals surface area contributed by atoms with Crippen molar-refractivity contribution in [3.8, 4) is 12.3 Å². The SMILES string of the molecule is C#CCNc1ccc(C(=O)NC)cc1[N+](=O)[O-]. The Kier molecular flexibility index (Phi) is 4.06. The number of hydrogen-bond donors (Lipinski definition) is 2. The highest BCUT2D eigenvalue weighted by molar-refractivity contribution is 5.95. The first-order valence-corrected chi connectivity index (χ1v) is 4.78. The Labute approximate surface area is 98.2 Å². The summed E-state index contributed by atoms with van der Waals surface area (Å²) in [7, 11) is 1.46. The van der Waals surface area contributed by atoms with Crippen LogP contribution in [0.2, 0.25) is 0 Å². The van der Waals surface area contributed by atoms with Gasteiger partial charge in [0.25, 0.3) is 11.6 Å². The Morgan fingerprint density at radius 1 is 1.59 bits per heavy atom. The third kappa shape index (κ3) is 2.95. The van der Waals surface area contributed by atoms with Crippen molar-refractivity contribution < 1.29 is 9.72 Å². The highest BCUT2D eigenvalue weighted by Crippen LogP contribution is 2.25. The van der Waals surface area contributed by atoms with Crippen LogP contribution in [-0.4, -0.2) is 24.4 Å². The predicted molar refractivity (Wildman–Crippen MR) is 63.8 cm³/mol. The molecule has 0 fully saturated rings. The van der Waals surface area contributed by atoms with Crippen LogP contribution in [0.15, 0.2) is 18.2 Å². The van der Waals surface area contributed by atoms with Crippen LogP contribution in [0.4, 0.5) is 11.4 Å². The van der Waals surface area contributed by atoms with Crippen molar-refractivity contribution in [2.75, 3.05) is 18.9 Å². The fourth-order valence-electron chi connectivity index (χ4n) is 1.26. The molecule has 88 valence electrons. The van der Waals surface area contributed by atoms with E-state index in [9.17, 15) is 14.9 Å². The monoisotopic (exact) mass is 233 g/mol. The standard InChI is InChI=1S/C11H11N3O3/c1-3-6-13-9-5-4-8(11(15)12-2)7-10(9)14(16)17/h1,4-5,7,13H,6H2,2H3,(H,12,15). The maximum absolute atomic E-state index is 11.3. The van der Waals surface area contributed by atoms with Gasteiger partial charge in [-0.1, -0.05) is 5.92 Å². The van der Waals surface area contributed by atoms with Gasteiger partial charge in [0.1, 0.15) is 5.69 Å². The molecule has 0 saturated carbocycles. The summed E-state index contributed by atoms with van der Waals surface area (Å²) in [6, 6.07) is 4.16. The number of carbonyl (C=O) groups is 1.